The van der Waals surface area contributed by atoms with Crippen molar-refractivity contribution in [3.05, 3.63) is 29.8 Å². The lowest BCUT2D eigenvalue weighted by atomic mass is 10.2. The van der Waals surface area contributed by atoms with Gasteiger partial charge in [0.25, 0.3) is 0 Å². The zero-order chi connectivity index (χ0) is 14.3. The maximum absolute atomic E-state index is 11.8. The van der Waals surface area contributed by atoms with Crippen molar-refractivity contribution < 1.29 is 14.1 Å². The summed E-state index contributed by atoms with van der Waals surface area (Å²) in [5, 5.41) is 9.90. The molecular formula is C14H23NO3S. The number of ether oxygens (including phenoxy) is 1. The average molecular weight is 285 g/mol. The third-order valence-electron chi connectivity index (χ3n) is 2.98. The van der Waals surface area contributed by atoms with E-state index < -0.39 is 16.9 Å². The second-order valence-electron chi connectivity index (χ2n) is 4.58. The molecule has 19 heavy (non-hydrogen) atoms. The molecule has 1 aromatic carbocycles. The van der Waals surface area contributed by atoms with Crippen LogP contribution >= 0.6 is 0 Å². The molecule has 0 aliphatic rings. The molecule has 0 radical (unpaired) electrons. The van der Waals surface area contributed by atoms with Gasteiger partial charge >= 0.3 is 0 Å². The summed E-state index contributed by atoms with van der Waals surface area (Å²) in [5.41, 5.74) is 6.54. The first-order chi connectivity index (χ1) is 9.06. The number of nitrogens with two attached hydrogens (primary N) is 1. The molecule has 0 aliphatic heterocycles. The molecule has 1 aromatic rings. The quantitative estimate of drug-likeness (QED) is 0.758. The van der Waals surface area contributed by atoms with E-state index in [-0.39, 0.29) is 17.6 Å². The van der Waals surface area contributed by atoms with Gasteiger partial charge in [-0.3, -0.25) is 4.21 Å². The molecule has 0 bridgehead atoms. The maximum atomic E-state index is 11.8. The topological polar surface area (TPSA) is 72.5 Å². The fraction of sp³-hybridized carbons (Fsp3) is 0.571. The van der Waals surface area contributed by atoms with Crippen LogP contribution in [0.2, 0.25) is 0 Å². The summed E-state index contributed by atoms with van der Waals surface area (Å²) in [6.45, 7) is 4.57. The van der Waals surface area contributed by atoms with Gasteiger partial charge in [-0.25, -0.2) is 0 Å². The minimum Gasteiger partial charge on any atom is -0.491 e. The van der Waals surface area contributed by atoms with Crippen LogP contribution in [0.3, 0.4) is 0 Å². The molecule has 3 unspecified atom stereocenters. The van der Waals surface area contributed by atoms with Crippen molar-refractivity contribution in [3.8, 4) is 5.75 Å². The molecule has 0 aromatic heterocycles. The van der Waals surface area contributed by atoms with Crippen LogP contribution in [0.15, 0.2) is 24.3 Å². The van der Waals surface area contributed by atoms with Crippen LogP contribution in [0.25, 0.3) is 0 Å². The number of hydrogen-bond acceptors (Lipinski definition) is 4. The summed E-state index contributed by atoms with van der Waals surface area (Å²) >= 11 is 0. The molecule has 0 aliphatic carbocycles. The summed E-state index contributed by atoms with van der Waals surface area (Å²) < 4.78 is 17.2. The average Bonchev–Trinajstić information content (AvgIpc) is 2.44. The van der Waals surface area contributed by atoms with Gasteiger partial charge in [0.1, 0.15) is 12.4 Å². The molecule has 3 atom stereocenters. The van der Waals surface area contributed by atoms with Crippen molar-refractivity contribution in [3.63, 3.8) is 0 Å². The lowest BCUT2D eigenvalue weighted by Crippen LogP contribution is -2.27. The maximum Gasteiger partial charge on any atom is 0.119 e. The van der Waals surface area contributed by atoms with E-state index in [0.29, 0.717) is 12.3 Å². The summed E-state index contributed by atoms with van der Waals surface area (Å²) in [4.78, 5) is 0. The van der Waals surface area contributed by atoms with E-state index in [1.165, 1.54) is 0 Å². The second-order valence-corrected chi connectivity index (χ2v) is 6.48. The molecule has 3 N–H and O–H groups in total. The van der Waals surface area contributed by atoms with E-state index in [4.69, 9.17) is 10.5 Å². The third kappa shape index (κ3) is 5.72. The second kappa shape index (κ2) is 8.30. The number of rotatable bonds is 8. The number of benzene rings is 1. The normalized spacial score (nSPS) is 15.8. The first-order valence-corrected chi connectivity index (χ1v) is 7.92. The number of hydrogen-bond donors (Lipinski definition) is 2. The Balaban J connectivity index is 2.36. The van der Waals surface area contributed by atoms with Gasteiger partial charge in [0.05, 0.1) is 11.9 Å². The van der Waals surface area contributed by atoms with Gasteiger partial charge in [-0.15, -0.1) is 0 Å². The Morgan fingerprint density at radius 1 is 1.37 bits per heavy atom. The molecular weight excluding hydrogens is 262 g/mol. The Morgan fingerprint density at radius 3 is 2.53 bits per heavy atom. The number of aliphatic hydroxyl groups is 1. The van der Waals surface area contributed by atoms with E-state index in [2.05, 4.69) is 0 Å². The van der Waals surface area contributed by atoms with Crippen molar-refractivity contribution in [2.24, 2.45) is 5.73 Å². The van der Waals surface area contributed by atoms with Gasteiger partial charge < -0.3 is 15.6 Å². The Hall–Kier alpha value is -0.910. The lowest BCUT2D eigenvalue weighted by Gasteiger charge is -2.14. The monoisotopic (exact) mass is 285 g/mol. The molecule has 0 spiro atoms. The van der Waals surface area contributed by atoms with Crippen molar-refractivity contribution in [2.75, 3.05) is 12.4 Å². The van der Waals surface area contributed by atoms with Crippen molar-refractivity contribution in [1.82, 2.24) is 0 Å². The lowest BCUT2D eigenvalue weighted by molar-refractivity contribution is 0.125. The van der Waals surface area contributed by atoms with Crippen LogP contribution in [0.5, 0.6) is 5.75 Å². The van der Waals surface area contributed by atoms with E-state index in [1.807, 2.05) is 38.1 Å². The van der Waals surface area contributed by atoms with Gasteiger partial charge in [-0.1, -0.05) is 26.0 Å². The minimum absolute atomic E-state index is 0.110. The molecule has 1 rings (SSSR count). The van der Waals surface area contributed by atoms with Crippen LogP contribution in [0.4, 0.5) is 0 Å². The first-order valence-electron chi connectivity index (χ1n) is 6.53. The molecule has 5 heteroatoms. The molecule has 0 saturated heterocycles. The molecule has 108 valence electrons. The molecule has 0 saturated carbocycles. The predicted molar refractivity (Wildman–Crippen MR) is 78.6 cm³/mol. The highest BCUT2D eigenvalue weighted by Gasteiger charge is 2.14. The zero-order valence-corrected chi connectivity index (χ0v) is 12.4. The molecule has 0 amide bonds. The Bertz CT molecular complexity index is 394. The van der Waals surface area contributed by atoms with Crippen molar-refractivity contribution >= 4 is 10.8 Å². The highest BCUT2D eigenvalue weighted by Crippen LogP contribution is 2.12. The van der Waals surface area contributed by atoms with E-state index >= 15 is 0 Å². The summed E-state index contributed by atoms with van der Waals surface area (Å²) in [6.07, 6.45) is 0.143. The van der Waals surface area contributed by atoms with Crippen molar-refractivity contribution in [2.45, 2.75) is 38.2 Å². The zero-order valence-electron chi connectivity index (χ0n) is 11.5. The van der Waals surface area contributed by atoms with Crippen LogP contribution < -0.4 is 10.5 Å². The van der Waals surface area contributed by atoms with Gasteiger partial charge in [0.15, 0.2) is 0 Å². The molecule has 4 nitrogen and oxygen atoms in total. The Morgan fingerprint density at radius 2 is 2.00 bits per heavy atom. The standard InChI is InChI=1S/C14H23NO3S/c1-3-11(2)19(17)10-13(16)9-18-14-6-4-12(8-15)5-7-14/h4-7,11,13,16H,3,8-10,15H2,1-2H3. The fourth-order valence-electron chi connectivity index (χ4n) is 1.50. The van der Waals surface area contributed by atoms with Crippen LogP contribution in [0, 0.1) is 0 Å². The van der Waals surface area contributed by atoms with E-state index in [0.717, 1.165) is 12.0 Å². The van der Waals surface area contributed by atoms with Gasteiger partial charge in [-0.2, -0.15) is 0 Å². The summed E-state index contributed by atoms with van der Waals surface area (Å²) in [6, 6.07) is 7.42. The van der Waals surface area contributed by atoms with Gasteiger partial charge in [0, 0.05) is 22.6 Å². The van der Waals surface area contributed by atoms with Crippen molar-refractivity contribution in [1.29, 1.82) is 0 Å². The Labute approximate surface area is 117 Å². The predicted octanol–water partition coefficient (Wildman–Crippen LogP) is 1.43. The van der Waals surface area contributed by atoms with Crippen LogP contribution in [0.1, 0.15) is 25.8 Å². The third-order valence-corrected chi connectivity index (χ3v) is 4.93. The minimum atomic E-state index is -1.00. The van der Waals surface area contributed by atoms with E-state index in [9.17, 15) is 9.32 Å². The van der Waals surface area contributed by atoms with Crippen LogP contribution in [-0.4, -0.2) is 33.0 Å². The number of aliphatic hydroxyl groups excluding tert-OH is 1. The Kier molecular flexibility index (Phi) is 7.05. The first kappa shape index (κ1) is 16.1. The SMILES string of the molecule is CCC(C)S(=O)CC(O)COc1ccc(CN)cc1. The van der Waals surface area contributed by atoms with Gasteiger partial charge in [0.2, 0.25) is 0 Å². The largest absolute Gasteiger partial charge is 0.491 e. The molecule has 0 fully saturated rings. The summed E-state index contributed by atoms with van der Waals surface area (Å²) in [5.74, 6) is 0.946. The summed E-state index contributed by atoms with van der Waals surface area (Å²) in [7, 11) is -1.00. The van der Waals surface area contributed by atoms with Crippen LogP contribution in [-0.2, 0) is 17.3 Å². The smallest absolute Gasteiger partial charge is 0.119 e. The highest BCUT2D eigenvalue weighted by atomic mass is 32.2. The molecule has 0 heterocycles. The van der Waals surface area contributed by atoms with Gasteiger partial charge in [-0.05, 0) is 24.1 Å². The van der Waals surface area contributed by atoms with E-state index in [1.54, 1.807) is 0 Å². The fourth-order valence-corrected chi connectivity index (χ4v) is 2.68. The highest BCUT2D eigenvalue weighted by molar-refractivity contribution is 7.85.